The molecule has 1 aliphatic rings. The lowest BCUT2D eigenvalue weighted by molar-refractivity contribution is 0.0205. The van der Waals surface area contributed by atoms with Crippen LogP contribution in [-0.2, 0) is 4.43 Å². The molecule has 0 unspecified atom stereocenters. The average molecular weight is 271 g/mol. The van der Waals surface area contributed by atoms with Gasteiger partial charge in [0, 0.05) is 6.10 Å². The maximum absolute atomic E-state index is 6.80. The van der Waals surface area contributed by atoms with Crippen molar-refractivity contribution < 1.29 is 4.43 Å². The number of rotatable bonds is 5. The van der Waals surface area contributed by atoms with Gasteiger partial charge in [0.05, 0.1) is 0 Å². The highest BCUT2D eigenvalue weighted by Gasteiger charge is 2.39. The topological polar surface area (TPSA) is 9.23 Å². The van der Waals surface area contributed by atoms with Crippen LogP contribution in [-0.4, -0.2) is 14.4 Å². The normalized spacial score (nSPS) is 26.3. The summed E-state index contributed by atoms with van der Waals surface area (Å²) in [6.45, 7) is 14.2. The minimum absolute atomic E-state index is 0.403. The van der Waals surface area contributed by atoms with Gasteiger partial charge < -0.3 is 4.43 Å². The Morgan fingerprint density at radius 1 is 0.944 bits per heavy atom. The average Bonchev–Trinajstić information content (AvgIpc) is 2.35. The predicted molar refractivity (Wildman–Crippen MR) is 83.5 cm³/mol. The zero-order valence-corrected chi connectivity index (χ0v) is 14.5. The molecule has 2 atom stereocenters. The maximum atomic E-state index is 6.80. The molecule has 0 heterocycles. The van der Waals surface area contributed by atoms with E-state index in [2.05, 4.69) is 41.5 Å². The molecule has 108 valence electrons. The quantitative estimate of drug-likeness (QED) is 0.590. The Labute approximate surface area is 116 Å². The van der Waals surface area contributed by atoms with E-state index in [9.17, 15) is 0 Å². The van der Waals surface area contributed by atoms with Crippen LogP contribution in [0.5, 0.6) is 0 Å². The molecule has 1 nitrogen and oxygen atoms in total. The van der Waals surface area contributed by atoms with Crippen LogP contribution >= 0.6 is 0 Å². The summed E-state index contributed by atoms with van der Waals surface area (Å²) < 4.78 is 6.80. The lowest BCUT2D eigenvalue weighted by Crippen LogP contribution is -2.46. The smallest absolute Gasteiger partial charge is 0.192 e. The van der Waals surface area contributed by atoms with Crippen LogP contribution in [0.3, 0.4) is 0 Å². The van der Waals surface area contributed by atoms with E-state index in [-0.39, 0.29) is 0 Å². The number of hydrogen-bond acceptors (Lipinski definition) is 1. The second-order valence-corrected chi connectivity index (χ2v) is 11.9. The van der Waals surface area contributed by atoms with E-state index in [1.807, 2.05) is 0 Å². The number of hydrogen-bond donors (Lipinski definition) is 0. The summed E-state index contributed by atoms with van der Waals surface area (Å²) in [5.74, 6) is 0.766. The van der Waals surface area contributed by atoms with E-state index >= 15 is 0 Å². The first-order chi connectivity index (χ1) is 8.38. The van der Waals surface area contributed by atoms with Crippen molar-refractivity contribution in [2.24, 2.45) is 11.3 Å². The van der Waals surface area contributed by atoms with Crippen molar-refractivity contribution in [3.05, 3.63) is 0 Å². The summed E-state index contributed by atoms with van der Waals surface area (Å²) >= 11 is 0. The molecule has 18 heavy (non-hydrogen) atoms. The molecule has 1 aliphatic carbocycles. The molecule has 1 saturated carbocycles. The van der Waals surface area contributed by atoms with Gasteiger partial charge in [-0.05, 0) is 42.3 Å². The molecule has 1 fully saturated rings. The molecular weight excluding hydrogens is 236 g/mol. The lowest BCUT2D eigenvalue weighted by Gasteiger charge is -2.44. The van der Waals surface area contributed by atoms with Gasteiger partial charge in [0.15, 0.2) is 8.32 Å². The lowest BCUT2D eigenvalue weighted by atomic mass is 9.71. The summed E-state index contributed by atoms with van der Waals surface area (Å²) in [5.41, 5.74) is 0.403. The highest BCUT2D eigenvalue weighted by molar-refractivity contribution is 6.73. The SMILES string of the molecule is CC[Si](CC)(CC)O[C@@H]1CCCC[C@@H]1C(C)(C)C. The van der Waals surface area contributed by atoms with Crippen molar-refractivity contribution in [3.63, 3.8) is 0 Å². The molecule has 0 aromatic heterocycles. The highest BCUT2D eigenvalue weighted by Crippen LogP contribution is 2.41. The van der Waals surface area contributed by atoms with Crippen molar-refractivity contribution in [1.82, 2.24) is 0 Å². The van der Waals surface area contributed by atoms with Crippen molar-refractivity contribution in [3.8, 4) is 0 Å². The molecule has 0 radical (unpaired) electrons. The Morgan fingerprint density at radius 3 is 1.89 bits per heavy atom. The van der Waals surface area contributed by atoms with Crippen LogP contribution < -0.4 is 0 Å². The van der Waals surface area contributed by atoms with E-state index in [4.69, 9.17) is 4.43 Å². The van der Waals surface area contributed by atoms with Gasteiger partial charge in [-0.15, -0.1) is 0 Å². The van der Waals surface area contributed by atoms with Gasteiger partial charge in [-0.2, -0.15) is 0 Å². The van der Waals surface area contributed by atoms with Gasteiger partial charge in [0.2, 0.25) is 0 Å². The molecule has 0 amide bonds. The van der Waals surface area contributed by atoms with Crippen molar-refractivity contribution in [1.29, 1.82) is 0 Å². The molecule has 0 aliphatic heterocycles. The molecule has 0 saturated heterocycles. The van der Waals surface area contributed by atoms with E-state index in [0.717, 1.165) is 5.92 Å². The summed E-state index contributed by atoms with van der Waals surface area (Å²) in [6.07, 6.45) is 6.00. The van der Waals surface area contributed by atoms with Crippen LogP contribution in [0.2, 0.25) is 18.1 Å². The van der Waals surface area contributed by atoms with E-state index in [0.29, 0.717) is 11.5 Å². The third-order valence-corrected chi connectivity index (χ3v) is 9.82. The predicted octanol–water partition coefficient (Wildman–Crippen LogP) is 5.61. The van der Waals surface area contributed by atoms with Crippen LogP contribution in [0, 0.1) is 11.3 Å². The maximum Gasteiger partial charge on any atom is 0.192 e. The van der Waals surface area contributed by atoms with Crippen LogP contribution in [0.1, 0.15) is 67.2 Å². The fraction of sp³-hybridized carbons (Fsp3) is 1.00. The zero-order valence-electron chi connectivity index (χ0n) is 13.5. The van der Waals surface area contributed by atoms with Gasteiger partial charge in [0.25, 0.3) is 0 Å². The second kappa shape index (κ2) is 6.56. The third-order valence-electron chi connectivity index (χ3n) is 5.15. The fourth-order valence-corrected chi connectivity index (χ4v) is 6.47. The second-order valence-electron chi connectivity index (χ2n) is 7.16. The molecule has 2 heteroatoms. The van der Waals surface area contributed by atoms with Crippen molar-refractivity contribution >= 4 is 8.32 Å². The minimum atomic E-state index is -1.43. The van der Waals surface area contributed by atoms with Gasteiger partial charge in [-0.1, -0.05) is 54.4 Å². The van der Waals surface area contributed by atoms with Crippen LogP contribution in [0.15, 0.2) is 0 Å². The van der Waals surface area contributed by atoms with E-state index in [1.165, 1.54) is 43.8 Å². The standard InChI is InChI=1S/C16H34OSi/c1-7-18(8-2,9-3)17-15-13-11-10-12-14(15)16(4,5)6/h14-15H,7-13H2,1-6H3/t14-,15+/m0/s1. The summed E-state index contributed by atoms with van der Waals surface area (Å²) in [4.78, 5) is 0. The Bertz CT molecular complexity index is 232. The summed E-state index contributed by atoms with van der Waals surface area (Å²) in [6, 6.07) is 3.86. The van der Waals surface area contributed by atoms with Gasteiger partial charge >= 0.3 is 0 Å². The first kappa shape index (κ1) is 16.2. The van der Waals surface area contributed by atoms with Gasteiger partial charge in [-0.25, -0.2) is 0 Å². The Hall–Kier alpha value is 0.177. The Kier molecular flexibility index (Phi) is 5.92. The Balaban J connectivity index is 2.78. The fourth-order valence-electron chi connectivity index (χ4n) is 3.55. The van der Waals surface area contributed by atoms with Crippen LogP contribution in [0.25, 0.3) is 0 Å². The van der Waals surface area contributed by atoms with Gasteiger partial charge in [0.1, 0.15) is 0 Å². The van der Waals surface area contributed by atoms with E-state index in [1.54, 1.807) is 0 Å². The molecule has 0 bridgehead atoms. The molecule has 1 rings (SSSR count). The zero-order chi connectivity index (χ0) is 13.8. The van der Waals surface area contributed by atoms with E-state index < -0.39 is 8.32 Å². The monoisotopic (exact) mass is 270 g/mol. The summed E-state index contributed by atoms with van der Waals surface area (Å²) in [5, 5.41) is 0. The highest BCUT2D eigenvalue weighted by atomic mass is 28.4. The first-order valence-electron chi connectivity index (χ1n) is 8.06. The third kappa shape index (κ3) is 3.83. The Morgan fingerprint density at radius 2 is 1.44 bits per heavy atom. The minimum Gasteiger partial charge on any atom is -0.414 e. The molecular formula is C16H34OSi. The summed E-state index contributed by atoms with van der Waals surface area (Å²) in [7, 11) is -1.43. The van der Waals surface area contributed by atoms with Crippen molar-refractivity contribution in [2.45, 2.75) is 91.5 Å². The molecule has 0 spiro atoms. The molecule has 0 aromatic carbocycles. The molecule has 0 aromatic rings. The molecule has 0 N–H and O–H groups in total. The largest absolute Gasteiger partial charge is 0.414 e. The first-order valence-corrected chi connectivity index (χ1v) is 10.6. The van der Waals surface area contributed by atoms with Crippen LogP contribution in [0.4, 0.5) is 0 Å². The van der Waals surface area contributed by atoms with Gasteiger partial charge in [-0.3, -0.25) is 0 Å². The van der Waals surface area contributed by atoms with Crippen molar-refractivity contribution in [2.75, 3.05) is 0 Å².